The first-order chi connectivity index (χ1) is 7.59. The Morgan fingerprint density at radius 1 is 1.19 bits per heavy atom. The van der Waals surface area contributed by atoms with Gasteiger partial charge in [-0.25, -0.2) is 0 Å². The molecule has 0 N–H and O–H groups in total. The Morgan fingerprint density at radius 2 is 1.81 bits per heavy atom. The van der Waals surface area contributed by atoms with Crippen LogP contribution in [0, 0.1) is 11.8 Å². The molecule has 0 radical (unpaired) electrons. The Bertz CT molecular complexity index is 205. The summed E-state index contributed by atoms with van der Waals surface area (Å²) in [4.78, 5) is 11.2. The van der Waals surface area contributed by atoms with Crippen LogP contribution in [0.2, 0.25) is 0 Å². The molecule has 0 aromatic rings. The van der Waals surface area contributed by atoms with Gasteiger partial charge in [-0.1, -0.05) is 20.8 Å². The molecular weight excluding hydrogens is 204 g/mol. The summed E-state index contributed by atoms with van der Waals surface area (Å²) in [5.74, 6) is 0.662. The molecular formula is C13H24O3. The Hall–Kier alpha value is -0.570. The SMILES string of the molecule is CC1CCC(OCCOC(=O)C(C)C)CC1. The molecule has 1 aliphatic carbocycles. The molecule has 1 aliphatic rings. The van der Waals surface area contributed by atoms with Crippen LogP contribution >= 0.6 is 0 Å². The van der Waals surface area contributed by atoms with Gasteiger partial charge in [-0.05, 0) is 31.6 Å². The van der Waals surface area contributed by atoms with Crippen LogP contribution in [0.25, 0.3) is 0 Å². The third-order valence-corrected chi connectivity index (χ3v) is 3.12. The number of carbonyl (C=O) groups is 1. The average Bonchev–Trinajstić information content (AvgIpc) is 2.26. The average molecular weight is 228 g/mol. The number of rotatable bonds is 5. The fraction of sp³-hybridized carbons (Fsp3) is 0.923. The number of hydrogen-bond acceptors (Lipinski definition) is 3. The summed E-state index contributed by atoms with van der Waals surface area (Å²) in [5.41, 5.74) is 0. The molecule has 0 spiro atoms. The van der Waals surface area contributed by atoms with Crippen molar-refractivity contribution >= 4 is 5.97 Å². The molecule has 1 rings (SSSR count). The summed E-state index contributed by atoms with van der Waals surface area (Å²) in [7, 11) is 0. The molecule has 3 heteroatoms. The van der Waals surface area contributed by atoms with Crippen molar-refractivity contribution in [2.24, 2.45) is 11.8 Å². The van der Waals surface area contributed by atoms with Gasteiger partial charge in [-0.2, -0.15) is 0 Å². The fourth-order valence-electron chi connectivity index (χ4n) is 1.92. The van der Waals surface area contributed by atoms with Gasteiger partial charge < -0.3 is 9.47 Å². The predicted octanol–water partition coefficient (Wildman–Crippen LogP) is 2.78. The van der Waals surface area contributed by atoms with E-state index in [0.717, 1.165) is 18.8 Å². The van der Waals surface area contributed by atoms with Crippen molar-refractivity contribution in [3.8, 4) is 0 Å². The molecule has 0 atom stereocenters. The second-order valence-electron chi connectivity index (χ2n) is 5.07. The molecule has 16 heavy (non-hydrogen) atoms. The molecule has 0 amide bonds. The van der Waals surface area contributed by atoms with Crippen molar-refractivity contribution in [3.63, 3.8) is 0 Å². The van der Waals surface area contributed by atoms with Crippen molar-refractivity contribution in [1.82, 2.24) is 0 Å². The highest BCUT2D eigenvalue weighted by Crippen LogP contribution is 2.25. The highest BCUT2D eigenvalue weighted by molar-refractivity contribution is 5.71. The summed E-state index contributed by atoms with van der Waals surface area (Å²) in [6, 6.07) is 0. The minimum absolute atomic E-state index is 0.0458. The Balaban J connectivity index is 2.01. The first kappa shape index (κ1) is 13.5. The predicted molar refractivity (Wildman–Crippen MR) is 63.2 cm³/mol. The zero-order valence-corrected chi connectivity index (χ0v) is 10.7. The minimum Gasteiger partial charge on any atom is -0.463 e. The van der Waals surface area contributed by atoms with Crippen LogP contribution in [0.1, 0.15) is 46.5 Å². The number of hydrogen-bond donors (Lipinski definition) is 0. The Kier molecular flexibility index (Phi) is 5.81. The minimum atomic E-state index is -0.138. The van der Waals surface area contributed by atoms with Gasteiger partial charge in [0.25, 0.3) is 0 Å². The molecule has 3 nitrogen and oxygen atoms in total. The maximum absolute atomic E-state index is 11.2. The second kappa shape index (κ2) is 6.89. The molecule has 0 aromatic carbocycles. The van der Waals surface area contributed by atoms with E-state index in [1.165, 1.54) is 12.8 Å². The lowest BCUT2D eigenvalue weighted by Gasteiger charge is -2.26. The van der Waals surface area contributed by atoms with E-state index < -0.39 is 0 Å². The first-order valence-corrected chi connectivity index (χ1v) is 6.38. The van der Waals surface area contributed by atoms with Crippen LogP contribution in [0.5, 0.6) is 0 Å². The van der Waals surface area contributed by atoms with Gasteiger partial charge in [0.05, 0.1) is 18.6 Å². The van der Waals surface area contributed by atoms with Gasteiger partial charge in [0, 0.05) is 0 Å². The van der Waals surface area contributed by atoms with E-state index in [9.17, 15) is 4.79 Å². The van der Waals surface area contributed by atoms with E-state index >= 15 is 0 Å². The van der Waals surface area contributed by atoms with Crippen molar-refractivity contribution in [1.29, 1.82) is 0 Å². The molecule has 0 bridgehead atoms. The number of ether oxygens (including phenoxy) is 2. The first-order valence-electron chi connectivity index (χ1n) is 6.38. The largest absolute Gasteiger partial charge is 0.463 e. The van der Waals surface area contributed by atoms with Crippen LogP contribution in [0.15, 0.2) is 0 Å². The smallest absolute Gasteiger partial charge is 0.308 e. The van der Waals surface area contributed by atoms with Gasteiger partial charge in [-0.15, -0.1) is 0 Å². The molecule has 0 aromatic heterocycles. The van der Waals surface area contributed by atoms with Gasteiger partial charge in [0.2, 0.25) is 0 Å². The van der Waals surface area contributed by atoms with E-state index in [1.807, 2.05) is 13.8 Å². The summed E-state index contributed by atoms with van der Waals surface area (Å²) in [5, 5.41) is 0. The maximum Gasteiger partial charge on any atom is 0.308 e. The third kappa shape index (κ3) is 4.97. The second-order valence-corrected chi connectivity index (χ2v) is 5.07. The van der Waals surface area contributed by atoms with Crippen LogP contribution in [-0.2, 0) is 14.3 Å². The Labute approximate surface area is 98.5 Å². The molecule has 0 unspecified atom stereocenters. The quantitative estimate of drug-likeness (QED) is 0.536. The van der Waals surface area contributed by atoms with E-state index in [0.29, 0.717) is 19.3 Å². The van der Waals surface area contributed by atoms with Gasteiger partial charge in [-0.3, -0.25) is 4.79 Å². The Morgan fingerprint density at radius 3 is 2.38 bits per heavy atom. The summed E-state index contributed by atoms with van der Waals surface area (Å²) in [6.07, 6.45) is 5.21. The summed E-state index contributed by atoms with van der Waals surface area (Å²) in [6.45, 7) is 6.90. The van der Waals surface area contributed by atoms with E-state index in [4.69, 9.17) is 9.47 Å². The standard InChI is InChI=1S/C13H24O3/c1-10(2)13(14)16-9-8-15-12-6-4-11(3)5-7-12/h10-12H,4-9H2,1-3H3. The van der Waals surface area contributed by atoms with Crippen molar-refractivity contribution in [3.05, 3.63) is 0 Å². The third-order valence-electron chi connectivity index (χ3n) is 3.12. The van der Waals surface area contributed by atoms with Gasteiger partial charge in [0.15, 0.2) is 0 Å². The van der Waals surface area contributed by atoms with Crippen LogP contribution in [-0.4, -0.2) is 25.3 Å². The van der Waals surface area contributed by atoms with E-state index in [1.54, 1.807) is 0 Å². The topological polar surface area (TPSA) is 35.5 Å². The maximum atomic E-state index is 11.2. The van der Waals surface area contributed by atoms with Crippen LogP contribution in [0.3, 0.4) is 0 Å². The van der Waals surface area contributed by atoms with Crippen LogP contribution in [0.4, 0.5) is 0 Å². The zero-order valence-electron chi connectivity index (χ0n) is 10.7. The van der Waals surface area contributed by atoms with Crippen molar-refractivity contribution < 1.29 is 14.3 Å². The molecule has 1 fully saturated rings. The number of carbonyl (C=O) groups excluding carboxylic acids is 1. The van der Waals surface area contributed by atoms with Crippen molar-refractivity contribution in [2.45, 2.75) is 52.6 Å². The molecule has 0 saturated heterocycles. The molecule has 0 heterocycles. The zero-order chi connectivity index (χ0) is 12.0. The molecule has 0 aliphatic heterocycles. The highest BCUT2D eigenvalue weighted by atomic mass is 16.6. The van der Waals surface area contributed by atoms with E-state index in [2.05, 4.69) is 6.92 Å². The van der Waals surface area contributed by atoms with Gasteiger partial charge in [0.1, 0.15) is 6.61 Å². The fourth-order valence-corrected chi connectivity index (χ4v) is 1.92. The normalized spacial score (nSPS) is 25.8. The summed E-state index contributed by atoms with van der Waals surface area (Å²) >= 11 is 0. The van der Waals surface area contributed by atoms with E-state index in [-0.39, 0.29) is 11.9 Å². The van der Waals surface area contributed by atoms with Crippen molar-refractivity contribution in [2.75, 3.05) is 13.2 Å². The highest BCUT2D eigenvalue weighted by Gasteiger charge is 2.18. The number of esters is 1. The molecule has 1 saturated carbocycles. The van der Waals surface area contributed by atoms with Gasteiger partial charge >= 0.3 is 5.97 Å². The summed E-state index contributed by atoms with van der Waals surface area (Å²) < 4.78 is 10.7. The monoisotopic (exact) mass is 228 g/mol. The lowest BCUT2D eigenvalue weighted by Crippen LogP contribution is -2.23. The van der Waals surface area contributed by atoms with Crippen LogP contribution < -0.4 is 0 Å². The molecule has 94 valence electrons. The lowest BCUT2D eigenvalue weighted by molar-refractivity contribution is -0.149. The lowest BCUT2D eigenvalue weighted by atomic mass is 9.89.